The van der Waals surface area contributed by atoms with Crippen LogP contribution in [0.25, 0.3) is 0 Å². The van der Waals surface area contributed by atoms with Gasteiger partial charge in [-0.2, -0.15) is 0 Å². The van der Waals surface area contributed by atoms with E-state index in [1.807, 2.05) is 79.7 Å². The van der Waals surface area contributed by atoms with Gasteiger partial charge in [-0.25, -0.2) is 4.90 Å². The molecule has 5 aromatic carbocycles. The van der Waals surface area contributed by atoms with Gasteiger partial charge in [0, 0.05) is 33.4 Å². The number of ketones is 1. The fourth-order valence-electron chi connectivity index (χ4n) is 4.78. The van der Waals surface area contributed by atoms with Crippen LogP contribution in [0.15, 0.2) is 121 Å². The van der Waals surface area contributed by atoms with Crippen LogP contribution in [-0.4, -0.2) is 17.6 Å². The molecule has 0 unspecified atom stereocenters. The Morgan fingerprint density at radius 3 is 1.67 bits per heavy atom. The third-order valence-corrected chi connectivity index (χ3v) is 6.87. The van der Waals surface area contributed by atoms with Crippen LogP contribution >= 0.6 is 0 Å². The van der Waals surface area contributed by atoms with Crippen molar-refractivity contribution >= 4 is 23.3 Å². The van der Waals surface area contributed by atoms with E-state index in [1.54, 1.807) is 48.5 Å². The molecular weight excluding hydrogens is 518 g/mol. The van der Waals surface area contributed by atoms with Gasteiger partial charge < -0.3 is 0 Å². The molecule has 1 aliphatic heterocycles. The van der Waals surface area contributed by atoms with Crippen molar-refractivity contribution in [2.45, 2.75) is 6.92 Å². The van der Waals surface area contributed by atoms with E-state index in [4.69, 9.17) is 0 Å². The highest BCUT2D eigenvalue weighted by atomic mass is 16.2. The zero-order chi connectivity index (χ0) is 29.1. The number of carbonyl (C=O) groups is 3. The molecule has 0 fully saturated rings. The molecule has 0 saturated carbocycles. The van der Waals surface area contributed by atoms with Gasteiger partial charge in [-0.15, -0.1) is 0 Å². The highest BCUT2D eigenvalue weighted by molar-refractivity contribution is 6.34. The Morgan fingerprint density at radius 1 is 0.524 bits per heavy atom. The third kappa shape index (κ3) is 5.39. The van der Waals surface area contributed by atoms with Crippen molar-refractivity contribution in [3.63, 3.8) is 0 Å². The summed E-state index contributed by atoms with van der Waals surface area (Å²) in [5.74, 6) is 11.3. The smallest absolute Gasteiger partial charge is 0.266 e. The van der Waals surface area contributed by atoms with Gasteiger partial charge in [0.2, 0.25) is 0 Å². The number of aryl methyl sites for hydroxylation is 1. The standard InChI is InChI=1S/C38H23NO3/c1-26-22-32(36(40)31-19-16-29(17-20-31)13-12-27-8-4-2-5-9-27)25-33(23-26)39-37(41)34-21-18-30(24-35(34)38(39)42)15-14-28-10-6-3-7-11-28/h2-11,16-25H,1H3. The maximum absolute atomic E-state index is 13.5. The highest BCUT2D eigenvalue weighted by Gasteiger charge is 2.37. The fraction of sp³-hybridized carbons (Fsp3) is 0.0263. The molecule has 0 radical (unpaired) electrons. The van der Waals surface area contributed by atoms with Gasteiger partial charge >= 0.3 is 0 Å². The molecule has 0 N–H and O–H groups in total. The van der Waals surface area contributed by atoms with Crippen LogP contribution in [0.2, 0.25) is 0 Å². The monoisotopic (exact) mass is 541 g/mol. The highest BCUT2D eigenvalue weighted by Crippen LogP contribution is 2.31. The van der Waals surface area contributed by atoms with E-state index >= 15 is 0 Å². The number of rotatable bonds is 3. The third-order valence-electron chi connectivity index (χ3n) is 6.87. The number of nitrogens with zero attached hydrogens (tertiary/aromatic N) is 1. The predicted octanol–water partition coefficient (Wildman–Crippen LogP) is 6.83. The van der Waals surface area contributed by atoms with Crippen LogP contribution in [0.1, 0.15) is 64.5 Å². The van der Waals surface area contributed by atoms with Crippen molar-refractivity contribution in [3.05, 3.63) is 171 Å². The summed E-state index contributed by atoms with van der Waals surface area (Å²) in [7, 11) is 0. The first-order chi connectivity index (χ1) is 20.5. The summed E-state index contributed by atoms with van der Waals surface area (Å²) < 4.78 is 0. The van der Waals surface area contributed by atoms with E-state index in [0.29, 0.717) is 33.5 Å². The lowest BCUT2D eigenvalue weighted by molar-refractivity contribution is 0.0924. The molecule has 6 rings (SSSR count). The van der Waals surface area contributed by atoms with Gasteiger partial charge in [0.05, 0.1) is 16.8 Å². The average molecular weight is 542 g/mol. The van der Waals surface area contributed by atoms with Crippen molar-refractivity contribution in [1.29, 1.82) is 0 Å². The molecule has 0 bridgehead atoms. The maximum atomic E-state index is 13.5. The van der Waals surface area contributed by atoms with Gasteiger partial charge in [0.1, 0.15) is 0 Å². The van der Waals surface area contributed by atoms with Gasteiger partial charge in [-0.05, 0) is 97.4 Å². The number of benzene rings is 5. The topological polar surface area (TPSA) is 54.5 Å². The zero-order valence-electron chi connectivity index (χ0n) is 22.7. The maximum Gasteiger partial charge on any atom is 0.266 e. The van der Waals surface area contributed by atoms with Crippen LogP contribution in [0.3, 0.4) is 0 Å². The minimum absolute atomic E-state index is 0.211. The number of anilines is 1. The molecule has 198 valence electrons. The van der Waals surface area contributed by atoms with Gasteiger partial charge in [-0.1, -0.05) is 60.1 Å². The molecule has 5 aromatic rings. The quantitative estimate of drug-likeness (QED) is 0.143. The minimum atomic E-state index is -0.441. The van der Waals surface area contributed by atoms with E-state index in [0.717, 1.165) is 27.2 Å². The molecule has 2 amide bonds. The summed E-state index contributed by atoms with van der Waals surface area (Å²) in [6, 6.07) is 36.4. The Balaban J connectivity index is 1.25. The van der Waals surface area contributed by atoms with E-state index in [2.05, 4.69) is 23.7 Å². The largest absolute Gasteiger partial charge is 0.289 e. The van der Waals surface area contributed by atoms with E-state index < -0.39 is 11.8 Å². The van der Waals surface area contributed by atoms with Gasteiger partial charge in [-0.3, -0.25) is 14.4 Å². The average Bonchev–Trinajstić information content (AvgIpc) is 3.28. The Kier molecular flexibility index (Phi) is 7.04. The van der Waals surface area contributed by atoms with Crippen molar-refractivity contribution in [2.24, 2.45) is 0 Å². The SMILES string of the molecule is Cc1cc(C(=O)c2ccc(C#Cc3ccccc3)cc2)cc(N2C(=O)c3ccc(C#Cc4ccccc4)cc3C2=O)c1. The Morgan fingerprint density at radius 2 is 1.05 bits per heavy atom. The second-order valence-electron chi connectivity index (χ2n) is 9.90. The lowest BCUT2D eigenvalue weighted by Crippen LogP contribution is -2.29. The van der Waals surface area contributed by atoms with Crippen LogP contribution < -0.4 is 4.90 Å². The van der Waals surface area contributed by atoms with Crippen LogP contribution in [0, 0.1) is 30.6 Å². The second kappa shape index (κ2) is 11.3. The summed E-state index contributed by atoms with van der Waals surface area (Å²) >= 11 is 0. The van der Waals surface area contributed by atoms with Gasteiger partial charge in [0.15, 0.2) is 5.78 Å². The molecular formula is C38H23NO3. The molecule has 4 nitrogen and oxygen atoms in total. The predicted molar refractivity (Wildman–Crippen MR) is 163 cm³/mol. The zero-order valence-corrected chi connectivity index (χ0v) is 22.7. The molecule has 0 spiro atoms. The second-order valence-corrected chi connectivity index (χ2v) is 9.90. The summed E-state index contributed by atoms with van der Waals surface area (Å²) in [5.41, 5.74) is 5.78. The first-order valence-electron chi connectivity index (χ1n) is 13.4. The van der Waals surface area contributed by atoms with Crippen molar-refractivity contribution in [1.82, 2.24) is 0 Å². The van der Waals surface area contributed by atoms with Gasteiger partial charge in [0.25, 0.3) is 11.8 Å². The molecule has 0 aliphatic carbocycles. The summed E-state index contributed by atoms with van der Waals surface area (Å²) in [4.78, 5) is 41.4. The van der Waals surface area contributed by atoms with E-state index in [1.165, 1.54) is 0 Å². The Hall–Kier alpha value is -5.97. The van der Waals surface area contributed by atoms with Crippen molar-refractivity contribution in [3.8, 4) is 23.7 Å². The molecule has 0 atom stereocenters. The number of hydrogen-bond acceptors (Lipinski definition) is 3. The number of carbonyl (C=O) groups excluding carboxylic acids is 3. The number of amides is 2. The number of fused-ring (bicyclic) bond motifs is 1. The Bertz CT molecular complexity index is 1990. The van der Waals surface area contributed by atoms with Crippen molar-refractivity contribution < 1.29 is 14.4 Å². The van der Waals surface area contributed by atoms with Crippen molar-refractivity contribution in [2.75, 3.05) is 4.90 Å². The first kappa shape index (κ1) is 26.3. The number of imide groups is 1. The molecule has 1 heterocycles. The number of hydrogen-bond donors (Lipinski definition) is 0. The summed E-state index contributed by atoms with van der Waals surface area (Å²) in [5, 5.41) is 0. The lowest BCUT2D eigenvalue weighted by atomic mass is 9.99. The molecule has 4 heteroatoms. The van der Waals surface area contributed by atoms with E-state index in [9.17, 15) is 14.4 Å². The summed E-state index contributed by atoms with van der Waals surface area (Å²) in [6.07, 6.45) is 0. The van der Waals surface area contributed by atoms with E-state index in [-0.39, 0.29) is 5.78 Å². The lowest BCUT2D eigenvalue weighted by Gasteiger charge is -2.16. The van der Waals surface area contributed by atoms with Crippen LogP contribution in [0.5, 0.6) is 0 Å². The normalized spacial score (nSPS) is 11.7. The first-order valence-corrected chi connectivity index (χ1v) is 13.4. The molecule has 0 aromatic heterocycles. The minimum Gasteiger partial charge on any atom is -0.289 e. The van der Waals surface area contributed by atoms with Crippen LogP contribution in [-0.2, 0) is 0 Å². The molecule has 0 saturated heterocycles. The molecule has 42 heavy (non-hydrogen) atoms. The van der Waals surface area contributed by atoms with Crippen LogP contribution in [0.4, 0.5) is 5.69 Å². The summed E-state index contributed by atoms with van der Waals surface area (Å²) in [6.45, 7) is 1.83. The fourth-order valence-corrected chi connectivity index (χ4v) is 4.78. The molecule has 1 aliphatic rings. The Labute approximate surface area is 244 Å².